The van der Waals surface area contributed by atoms with E-state index in [0.29, 0.717) is 5.76 Å². The van der Waals surface area contributed by atoms with Crippen LogP contribution in [0.25, 0.3) is 0 Å². The van der Waals surface area contributed by atoms with Crippen LogP contribution in [0.5, 0.6) is 0 Å². The molecule has 1 aromatic rings. The van der Waals surface area contributed by atoms with Crippen molar-refractivity contribution < 1.29 is 19.2 Å². The fourth-order valence-electron chi connectivity index (χ4n) is 0.906. The van der Waals surface area contributed by atoms with Gasteiger partial charge in [-0.15, -0.1) is 0 Å². The number of hydrogen-bond acceptors (Lipinski definition) is 4. The molecule has 0 atom stereocenters. The minimum Gasteiger partial charge on any atom is -0.480 e. The van der Waals surface area contributed by atoms with E-state index in [0.717, 1.165) is 4.90 Å². The normalized spacial score (nSPS) is 9.67. The maximum atomic E-state index is 11.3. The molecule has 2 amide bonds. The summed E-state index contributed by atoms with van der Waals surface area (Å²) in [4.78, 5) is 22.6. The lowest BCUT2D eigenvalue weighted by Crippen LogP contribution is -2.39. The quantitative estimate of drug-likeness (QED) is 0.728. The first-order valence-corrected chi connectivity index (χ1v) is 4.20. The largest absolute Gasteiger partial charge is 0.480 e. The number of urea groups is 1. The number of amides is 2. The number of rotatable bonds is 4. The Kier molecular flexibility index (Phi) is 3.67. The molecule has 82 valence electrons. The summed E-state index contributed by atoms with van der Waals surface area (Å²) in [6, 6.07) is 1.13. The smallest absolute Gasteiger partial charge is 0.323 e. The van der Waals surface area contributed by atoms with Gasteiger partial charge in [-0.1, -0.05) is 5.16 Å². The van der Waals surface area contributed by atoms with Gasteiger partial charge >= 0.3 is 12.0 Å². The van der Waals surface area contributed by atoms with Gasteiger partial charge < -0.3 is 19.8 Å². The van der Waals surface area contributed by atoms with E-state index in [4.69, 9.17) is 9.63 Å². The first-order chi connectivity index (χ1) is 7.09. The Bertz CT molecular complexity index is 336. The lowest BCUT2D eigenvalue weighted by atomic mass is 10.4. The monoisotopic (exact) mass is 213 g/mol. The average Bonchev–Trinajstić information content (AvgIpc) is 2.65. The van der Waals surface area contributed by atoms with Crippen LogP contribution in [0.2, 0.25) is 0 Å². The summed E-state index contributed by atoms with van der Waals surface area (Å²) in [5.41, 5.74) is 0. The number of nitrogens with zero attached hydrogens (tertiary/aromatic N) is 2. The number of hydrogen-bond donors (Lipinski definition) is 2. The number of carboxylic acids is 1. The van der Waals surface area contributed by atoms with Gasteiger partial charge in [0.05, 0.1) is 12.7 Å². The van der Waals surface area contributed by atoms with Crippen LogP contribution in [0.3, 0.4) is 0 Å². The van der Waals surface area contributed by atoms with Crippen molar-refractivity contribution in [1.82, 2.24) is 15.4 Å². The molecular weight excluding hydrogens is 202 g/mol. The van der Waals surface area contributed by atoms with Crippen molar-refractivity contribution in [2.75, 3.05) is 13.6 Å². The minimum absolute atomic E-state index is 0.183. The molecule has 1 aromatic heterocycles. The molecule has 0 aliphatic rings. The van der Waals surface area contributed by atoms with Crippen LogP contribution in [-0.2, 0) is 11.3 Å². The molecule has 0 bridgehead atoms. The molecule has 0 saturated carbocycles. The van der Waals surface area contributed by atoms with Crippen molar-refractivity contribution >= 4 is 12.0 Å². The molecule has 0 aromatic carbocycles. The second kappa shape index (κ2) is 4.99. The van der Waals surface area contributed by atoms with E-state index in [9.17, 15) is 9.59 Å². The molecule has 0 aliphatic heterocycles. The maximum absolute atomic E-state index is 11.3. The van der Waals surface area contributed by atoms with Crippen LogP contribution in [-0.4, -0.2) is 40.8 Å². The van der Waals surface area contributed by atoms with E-state index in [1.54, 1.807) is 6.07 Å². The molecule has 0 spiro atoms. The van der Waals surface area contributed by atoms with Gasteiger partial charge in [0.1, 0.15) is 6.54 Å². The zero-order valence-electron chi connectivity index (χ0n) is 8.14. The van der Waals surface area contributed by atoms with Crippen molar-refractivity contribution in [2.24, 2.45) is 0 Å². The maximum Gasteiger partial charge on any atom is 0.323 e. The SMILES string of the molecule is CN(CC(=O)O)C(=O)NCc1ccno1. The molecule has 15 heavy (non-hydrogen) atoms. The molecular formula is C8H11N3O4. The van der Waals surface area contributed by atoms with E-state index < -0.39 is 12.0 Å². The third-order valence-electron chi connectivity index (χ3n) is 1.62. The zero-order chi connectivity index (χ0) is 11.3. The number of carbonyl (C=O) groups excluding carboxylic acids is 1. The highest BCUT2D eigenvalue weighted by molar-refractivity contribution is 5.79. The number of carbonyl (C=O) groups is 2. The Morgan fingerprint density at radius 2 is 2.40 bits per heavy atom. The predicted octanol–water partition coefficient (Wildman–Crippen LogP) is -0.0994. The van der Waals surface area contributed by atoms with Crippen LogP contribution in [0.1, 0.15) is 5.76 Å². The van der Waals surface area contributed by atoms with Crippen molar-refractivity contribution in [1.29, 1.82) is 0 Å². The zero-order valence-corrected chi connectivity index (χ0v) is 8.14. The van der Waals surface area contributed by atoms with E-state index in [-0.39, 0.29) is 13.1 Å². The number of likely N-dealkylation sites (N-methyl/N-ethyl adjacent to an activating group) is 1. The van der Waals surface area contributed by atoms with Gasteiger partial charge in [-0.25, -0.2) is 4.79 Å². The topological polar surface area (TPSA) is 95.7 Å². The first kappa shape index (κ1) is 11.0. The number of carboxylic acid groups (broad SMARTS) is 1. The standard InChI is InChI=1S/C8H11N3O4/c1-11(5-7(12)13)8(14)9-4-6-2-3-10-15-6/h2-3H,4-5H2,1H3,(H,9,14)(H,12,13). The van der Waals surface area contributed by atoms with Gasteiger partial charge in [-0.05, 0) is 0 Å². The number of aromatic nitrogens is 1. The fourth-order valence-corrected chi connectivity index (χ4v) is 0.906. The van der Waals surface area contributed by atoms with Crippen molar-refractivity contribution in [3.05, 3.63) is 18.0 Å². The molecule has 7 nitrogen and oxygen atoms in total. The van der Waals surface area contributed by atoms with Crippen molar-refractivity contribution in [2.45, 2.75) is 6.54 Å². The fraction of sp³-hybridized carbons (Fsp3) is 0.375. The summed E-state index contributed by atoms with van der Waals surface area (Å²) in [5, 5.41) is 14.4. The molecule has 0 fully saturated rings. The summed E-state index contributed by atoms with van der Waals surface area (Å²) >= 11 is 0. The highest BCUT2D eigenvalue weighted by Gasteiger charge is 2.11. The second-order valence-corrected chi connectivity index (χ2v) is 2.89. The highest BCUT2D eigenvalue weighted by Crippen LogP contribution is 1.95. The number of nitrogens with one attached hydrogen (secondary N) is 1. The van der Waals surface area contributed by atoms with Crippen LogP contribution in [0, 0.1) is 0 Å². The minimum atomic E-state index is -1.06. The summed E-state index contributed by atoms with van der Waals surface area (Å²) in [5.74, 6) is -0.556. The van der Waals surface area contributed by atoms with Crippen LogP contribution in [0.4, 0.5) is 4.79 Å². The highest BCUT2D eigenvalue weighted by atomic mass is 16.5. The lowest BCUT2D eigenvalue weighted by molar-refractivity contribution is -0.137. The Morgan fingerprint density at radius 1 is 1.67 bits per heavy atom. The molecule has 7 heteroatoms. The lowest BCUT2D eigenvalue weighted by Gasteiger charge is -2.14. The molecule has 0 unspecified atom stereocenters. The van der Waals surface area contributed by atoms with Gasteiger partial charge in [0.15, 0.2) is 5.76 Å². The van der Waals surface area contributed by atoms with E-state index in [2.05, 4.69) is 10.5 Å². The summed E-state index contributed by atoms with van der Waals surface area (Å²) in [7, 11) is 1.39. The van der Waals surface area contributed by atoms with Crippen LogP contribution in [0.15, 0.2) is 16.8 Å². The van der Waals surface area contributed by atoms with Crippen molar-refractivity contribution in [3.63, 3.8) is 0 Å². The number of aliphatic carboxylic acids is 1. The third-order valence-corrected chi connectivity index (χ3v) is 1.62. The average molecular weight is 213 g/mol. The second-order valence-electron chi connectivity index (χ2n) is 2.89. The molecule has 1 heterocycles. The van der Waals surface area contributed by atoms with Crippen LogP contribution < -0.4 is 5.32 Å². The van der Waals surface area contributed by atoms with E-state index >= 15 is 0 Å². The Morgan fingerprint density at radius 3 is 2.93 bits per heavy atom. The van der Waals surface area contributed by atoms with Gasteiger partial charge in [0.2, 0.25) is 0 Å². The predicted molar refractivity (Wildman–Crippen MR) is 49.0 cm³/mol. The van der Waals surface area contributed by atoms with Gasteiger partial charge in [0, 0.05) is 13.1 Å². The molecule has 0 aliphatic carbocycles. The summed E-state index contributed by atoms with van der Waals surface area (Å²) in [6.07, 6.45) is 1.46. The van der Waals surface area contributed by atoms with Gasteiger partial charge in [0.25, 0.3) is 0 Å². The summed E-state index contributed by atoms with van der Waals surface area (Å²) < 4.78 is 4.75. The van der Waals surface area contributed by atoms with Gasteiger partial charge in [-0.2, -0.15) is 0 Å². The van der Waals surface area contributed by atoms with Crippen LogP contribution >= 0.6 is 0 Å². The molecule has 0 saturated heterocycles. The molecule has 1 rings (SSSR count). The molecule has 2 N–H and O–H groups in total. The van der Waals surface area contributed by atoms with E-state index in [1.807, 2.05) is 0 Å². The Labute approximate surface area is 85.6 Å². The first-order valence-electron chi connectivity index (χ1n) is 4.20. The van der Waals surface area contributed by atoms with E-state index in [1.165, 1.54) is 13.2 Å². The van der Waals surface area contributed by atoms with Gasteiger partial charge in [-0.3, -0.25) is 4.79 Å². The Balaban J connectivity index is 2.32. The molecule has 0 radical (unpaired) electrons. The summed E-state index contributed by atoms with van der Waals surface area (Å²) in [6.45, 7) is -0.162. The third kappa shape index (κ3) is 3.67. The Hall–Kier alpha value is -2.05. The van der Waals surface area contributed by atoms with Crippen molar-refractivity contribution in [3.8, 4) is 0 Å².